The van der Waals surface area contributed by atoms with Gasteiger partial charge in [-0.15, -0.1) is 0 Å². The molecule has 0 aliphatic carbocycles. The summed E-state index contributed by atoms with van der Waals surface area (Å²) in [5, 5.41) is 0.700. The van der Waals surface area contributed by atoms with Crippen LogP contribution in [0.25, 0.3) is 0 Å². The maximum absolute atomic E-state index is 13.7. The number of aromatic nitrogens is 1. The summed E-state index contributed by atoms with van der Waals surface area (Å²) in [5.74, 6) is -0.864. The lowest BCUT2D eigenvalue weighted by atomic mass is 9.83. The maximum atomic E-state index is 13.7. The molecule has 6 nitrogen and oxygen atoms in total. The molecule has 3 heterocycles. The Balaban J connectivity index is 1.33. The molecule has 4 aromatic rings. The smallest absolute Gasteiger partial charge is 0.305 e. The summed E-state index contributed by atoms with van der Waals surface area (Å²) in [5.41, 5.74) is 2.37. The Kier molecular flexibility index (Phi) is 5.95. The van der Waals surface area contributed by atoms with Gasteiger partial charge in [-0.1, -0.05) is 77.2 Å². The number of fused-ring (bicyclic) bond motifs is 2. The molecule has 1 aromatic heterocycles. The molecule has 3 atom stereocenters. The Morgan fingerprint density at radius 3 is 2.44 bits per heavy atom. The van der Waals surface area contributed by atoms with Crippen molar-refractivity contribution < 1.29 is 14.3 Å². The van der Waals surface area contributed by atoms with Crippen molar-refractivity contribution in [3.8, 4) is 5.75 Å². The predicted octanol–water partition coefficient (Wildman–Crippen LogP) is 5.46. The summed E-state index contributed by atoms with van der Waals surface area (Å²) < 4.78 is 5.92. The zero-order chi connectivity index (χ0) is 24.8. The number of nitrogens with zero attached hydrogens (tertiary/aromatic N) is 1. The molecule has 1 N–H and O–H groups in total. The van der Waals surface area contributed by atoms with E-state index in [1.807, 2.05) is 54.6 Å². The minimum Gasteiger partial charge on any atom is -0.489 e. The number of halogens is 1. The third-order valence-corrected chi connectivity index (χ3v) is 9.01. The van der Waals surface area contributed by atoms with Crippen molar-refractivity contribution in [1.29, 1.82) is 0 Å². The van der Waals surface area contributed by atoms with E-state index in [9.17, 15) is 14.4 Å². The van der Waals surface area contributed by atoms with Crippen LogP contribution in [0.1, 0.15) is 21.9 Å². The first kappa shape index (κ1) is 23.1. The predicted molar refractivity (Wildman–Crippen MR) is 141 cm³/mol. The fraction of sp³-hybridized carbons (Fsp3) is 0.148. The number of amides is 2. The quantitative estimate of drug-likeness (QED) is 0.344. The van der Waals surface area contributed by atoms with Gasteiger partial charge in [0, 0.05) is 15.8 Å². The van der Waals surface area contributed by atoms with Crippen molar-refractivity contribution in [2.75, 3.05) is 4.90 Å². The molecule has 2 aliphatic heterocycles. The van der Waals surface area contributed by atoms with Crippen LogP contribution in [-0.4, -0.2) is 22.0 Å². The minimum atomic E-state index is -0.612. The van der Waals surface area contributed by atoms with Gasteiger partial charge in [0.05, 0.1) is 16.6 Å². The topological polar surface area (TPSA) is 79.5 Å². The summed E-state index contributed by atoms with van der Waals surface area (Å²) in [4.78, 5) is 44.1. The second kappa shape index (κ2) is 9.28. The molecular weight excluding hydrogens is 516 g/mol. The molecule has 0 spiro atoms. The fourth-order valence-corrected chi connectivity index (χ4v) is 7.50. The number of hydrogen-bond acceptors (Lipinski definition) is 6. The molecule has 0 unspecified atom stereocenters. The molecule has 3 aromatic carbocycles. The zero-order valence-electron chi connectivity index (χ0n) is 18.7. The van der Waals surface area contributed by atoms with Gasteiger partial charge in [0.2, 0.25) is 11.8 Å². The van der Waals surface area contributed by atoms with E-state index < -0.39 is 17.1 Å². The van der Waals surface area contributed by atoms with Gasteiger partial charge in [0.25, 0.3) is 0 Å². The highest BCUT2D eigenvalue weighted by molar-refractivity contribution is 8.00. The standard InChI is InChI=1S/C27H19ClN2O4S2/c28-17-6-4-5-15(13-17)14-34-19-11-9-16(10-12-19)20-21-23(35-24-22(20)36-27(33)29-24)26(32)30(25(21)31)18-7-2-1-3-8-18/h1-13,20-21,23H,14H2,(H,29,33)/t20-,21-,23+/m0/s1. The molecule has 1 fully saturated rings. The first-order valence-electron chi connectivity index (χ1n) is 11.3. The number of H-pyrrole nitrogens is 1. The van der Waals surface area contributed by atoms with Crippen molar-refractivity contribution in [3.05, 3.63) is 110 Å². The van der Waals surface area contributed by atoms with Crippen LogP contribution in [0.5, 0.6) is 5.75 Å². The van der Waals surface area contributed by atoms with E-state index in [2.05, 4.69) is 4.98 Å². The van der Waals surface area contributed by atoms with Crippen LogP contribution < -0.4 is 14.5 Å². The summed E-state index contributed by atoms with van der Waals surface area (Å²) in [6, 6.07) is 24.0. The van der Waals surface area contributed by atoms with E-state index in [4.69, 9.17) is 16.3 Å². The number of nitrogens with one attached hydrogen (secondary N) is 1. The number of benzene rings is 3. The van der Waals surface area contributed by atoms with Crippen LogP contribution in [0.15, 0.2) is 88.7 Å². The fourth-order valence-electron chi connectivity index (χ4n) is 4.77. The van der Waals surface area contributed by atoms with E-state index >= 15 is 0 Å². The Morgan fingerprint density at radius 1 is 0.917 bits per heavy atom. The van der Waals surface area contributed by atoms with Crippen LogP contribution in [0.3, 0.4) is 0 Å². The SMILES string of the molecule is O=C1[C@H]2[C@H](c3ccc(OCc4cccc(Cl)c4)cc3)c3sc(=O)[nH]c3S[C@H]2C(=O)N1c1ccccc1. The normalized spacial score (nSPS) is 20.8. The molecule has 6 rings (SSSR count). The van der Waals surface area contributed by atoms with Crippen LogP contribution in [0, 0.1) is 5.92 Å². The van der Waals surface area contributed by atoms with Gasteiger partial charge in [-0.3, -0.25) is 14.4 Å². The lowest BCUT2D eigenvalue weighted by molar-refractivity contribution is -0.122. The van der Waals surface area contributed by atoms with E-state index in [0.29, 0.717) is 28.1 Å². The van der Waals surface area contributed by atoms with Crippen molar-refractivity contribution in [3.63, 3.8) is 0 Å². The number of carbonyl (C=O) groups is 2. The molecule has 0 saturated carbocycles. The van der Waals surface area contributed by atoms with Crippen molar-refractivity contribution >= 4 is 52.2 Å². The Bertz CT molecular complexity index is 1520. The monoisotopic (exact) mass is 534 g/mol. The Labute approximate surface area is 219 Å². The number of ether oxygens (including phenoxy) is 1. The molecule has 180 valence electrons. The van der Waals surface area contributed by atoms with Crippen molar-refractivity contribution in [2.45, 2.75) is 22.8 Å². The second-order valence-electron chi connectivity index (χ2n) is 8.58. The second-order valence-corrected chi connectivity index (χ2v) is 11.2. The molecule has 36 heavy (non-hydrogen) atoms. The van der Waals surface area contributed by atoms with Crippen molar-refractivity contribution in [2.24, 2.45) is 5.92 Å². The molecule has 0 radical (unpaired) electrons. The lowest BCUT2D eigenvalue weighted by Crippen LogP contribution is -2.32. The first-order valence-corrected chi connectivity index (χ1v) is 13.4. The molecule has 2 aliphatic rings. The van der Waals surface area contributed by atoms with E-state index in [0.717, 1.165) is 27.3 Å². The number of carbonyl (C=O) groups excluding carboxylic acids is 2. The van der Waals surface area contributed by atoms with Gasteiger partial charge in [0.15, 0.2) is 0 Å². The van der Waals surface area contributed by atoms with Gasteiger partial charge in [-0.2, -0.15) is 0 Å². The molecule has 9 heteroatoms. The maximum Gasteiger partial charge on any atom is 0.305 e. The lowest BCUT2D eigenvalue weighted by Gasteiger charge is -2.29. The van der Waals surface area contributed by atoms with Crippen LogP contribution >= 0.6 is 34.7 Å². The van der Waals surface area contributed by atoms with Crippen LogP contribution in [0.2, 0.25) is 5.02 Å². The van der Waals surface area contributed by atoms with Gasteiger partial charge < -0.3 is 9.72 Å². The minimum absolute atomic E-state index is 0.196. The largest absolute Gasteiger partial charge is 0.489 e. The summed E-state index contributed by atoms with van der Waals surface area (Å²) in [7, 11) is 0. The third-order valence-electron chi connectivity index (χ3n) is 6.37. The molecule has 0 bridgehead atoms. The summed E-state index contributed by atoms with van der Waals surface area (Å²) >= 11 is 8.43. The number of thiazole rings is 1. The number of anilines is 1. The third kappa shape index (κ3) is 4.05. The Morgan fingerprint density at radius 2 is 1.69 bits per heavy atom. The average molecular weight is 535 g/mol. The number of rotatable bonds is 5. The highest BCUT2D eigenvalue weighted by atomic mass is 35.5. The number of thioether (sulfide) groups is 1. The highest BCUT2D eigenvalue weighted by Crippen LogP contribution is 2.53. The number of para-hydroxylation sites is 1. The number of imide groups is 1. The van der Waals surface area contributed by atoms with E-state index in [-0.39, 0.29) is 16.7 Å². The molecule has 1 saturated heterocycles. The molecular formula is C27H19ClN2O4S2. The van der Waals surface area contributed by atoms with Gasteiger partial charge >= 0.3 is 4.87 Å². The van der Waals surface area contributed by atoms with Gasteiger partial charge in [-0.05, 0) is 47.5 Å². The van der Waals surface area contributed by atoms with Gasteiger partial charge in [-0.25, -0.2) is 4.90 Å². The summed E-state index contributed by atoms with van der Waals surface area (Å²) in [6.07, 6.45) is 0. The molecule has 2 amide bonds. The van der Waals surface area contributed by atoms with E-state index in [1.54, 1.807) is 24.3 Å². The zero-order valence-corrected chi connectivity index (χ0v) is 21.1. The Hall–Kier alpha value is -3.33. The summed E-state index contributed by atoms with van der Waals surface area (Å²) in [6.45, 7) is 0.368. The number of hydrogen-bond donors (Lipinski definition) is 1. The van der Waals surface area contributed by atoms with Crippen molar-refractivity contribution in [1.82, 2.24) is 4.98 Å². The van der Waals surface area contributed by atoms with Crippen LogP contribution in [0.4, 0.5) is 5.69 Å². The average Bonchev–Trinajstić information content (AvgIpc) is 3.38. The van der Waals surface area contributed by atoms with Crippen LogP contribution in [-0.2, 0) is 16.2 Å². The highest BCUT2D eigenvalue weighted by Gasteiger charge is 2.56. The number of aromatic amines is 1. The first-order chi connectivity index (χ1) is 17.5. The van der Waals surface area contributed by atoms with E-state index in [1.165, 1.54) is 16.7 Å². The van der Waals surface area contributed by atoms with Gasteiger partial charge in [0.1, 0.15) is 17.6 Å².